The van der Waals surface area contributed by atoms with Gasteiger partial charge in [0.2, 0.25) is 0 Å². The van der Waals surface area contributed by atoms with E-state index in [9.17, 15) is 14.4 Å². The number of nitrogens with one attached hydrogen (secondary N) is 1. The van der Waals surface area contributed by atoms with Crippen LogP contribution in [0.3, 0.4) is 0 Å². The Morgan fingerprint density at radius 2 is 1.66 bits per heavy atom. The zero-order chi connectivity index (χ0) is 21.4. The fourth-order valence-corrected chi connectivity index (χ4v) is 2.93. The standard InChI is InChI=1S/C23H26ClNO4/c1-4-15(2)19-7-5-6-8-20(19)25-23(28)16(3)29-22(27)14-13-21(26)17-9-11-18(24)12-10-17/h5-12,15-16H,4,13-14H2,1-3H3,(H,25,28)/t15-,16-/m1/s1. The maximum absolute atomic E-state index is 12.4. The molecule has 1 N–H and O–H groups in total. The number of rotatable bonds is 9. The molecular formula is C23H26ClNO4. The topological polar surface area (TPSA) is 72.5 Å². The number of carbonyl (C=O) groups is 3. The van der Waals surface area contributed by atoms with Crippen molar-refractivity contribution < 1.29 is 19.1 Å². The first-order valence-electron chi connectivity index (χ1n) is 9.69. The van der Waals surface area contributed by atoms with E-state index in [1.165, 1.54) is 6.92 Å². The van der Waals surface area contributed by atoms with Gasteiger partial charge in [-0.1, -0.05) is 43.6 Å². The third-order valence-electron chi connectivity index (χ3n) is 4.76. The van der Waals surface area contributed by atoms with Crippen LogP contribution < -0.4 is 5.32 Å². The number of carbonyl (C=O) groups excluding carboxylic acids is 3. The molecule has 0 aliphatic heterocycles. The van der Waals surface area contributed by atoms with Crippen molar-refractivity contribution in [3.8, 4) is 0 Å². The lowest BCUT2D eigenvalue weighted by molar-refractivity contribution is -0.153. The van der Waals surface area contributed by atoms with E-state index in [2.05, 4.69) is 19.2 Å². The van der Waals surface area contributed by atoms with Crippen LogP contribution in [0.4, 0.5) is 5.69 Å². The van der Waals surface area contributed by atoms with Crippen LogP contribution in [0.25, 0.3) is 0 Å². The van der Waals surface area contributed by atoms with Crippen LogP contribution in [0.5, 0.6) is 0 Å². The predicted molar refractivity (Wildman–Crippen MR) is 114 cm³/mol. The highest BCUT2D eigenvalue weighted by atomic mass is 35.5. The summed E-state index contributed by atoms with van der Waals surface area (Å²) < 4.78 is 5.19. The van der Waals surface area contributed by atoms with Crippen LogP contribution >= 0.6 is 11.6 Å². The average molecular weight is 416 g/mol. The first-order chi connectivity index (χ1) is 13.8. The van der Waals surface area contributed by atoms with Crippen LogP contribution in [0.15, 0.2) is 48.5 Å². The largest absolute Gasteiger partial charge is 0.453 e. The Morgan fingerprint density at radius 3 is 2.31 bits per heavy atom. The molecule has 0 unspecified atom stereocenters. The summed E-state index contributed by atoms with van der Waals surface area (Å²) in [5.74, 6) is -0.884. The molecule has 6 heteroatoms. The number of hydrogen-bond acceptors (Lipinski definition) is 4. The van der Waals surface area contributed by atoms with Gasteiger partial charge in [0.25, 0.3) is 5.91 Å². The van der Waals surface area contributed by atoms with Crippen LogP contribution in [0.2, 0.25) is 5.02 Å². The summed E-state index contributed by atoms with van der Waals surface area (Å²) in [5.41, 5.74) is 2.23. The van der Waals surface area contributed by atoms with Crippen molar-refractivity contribution >= 4 is 34.9 Å². The highest BCUT2D eigenvalue weighted by molar-refractivity contribution is 6.30. The maximum atomic E-state index is 12.4. The Balaban J connectivity index is 1.87. The van der Waals surface area contributed by atoms with Crippen molar-refractivity contribution in [2.45, 2.75) is 52.1 Å². The summed E-state index contributed by atoms with van der Waals surface area (Å²) in [6.45, 7) is 5.69. The van der Waals surface area contributed by atoms with Gasteiger partial charge in [0.1, 0.15) is 0 Å². The van der Waals surface area contributed by atoms with Gasteiger partial charge in [-0.3, -0.25) is 14.4 Å². The summed E-state index contributed by atoms with van der Waals surface area (Å²) in [5, 5.41) is 3.37. The Kier molecular flexibility index (Phi) is 8.40. The first kappa shape index (κ1) is 22.6. The molecule has 0 bridgehead atoms. The minimum atomic E-state index is -0.960. The molecule has 1 amide bonds. The Hall–Kier alpha value is -2.66. The molecule has 0 heterocycles. The van der Waals surface area contributed by atoms with Crippen molar-refractivity contribution in [3.63, 3.8) is 0 Å². The molecule has 2 aromatic rings. The number of amides is 1. The average Bonchev–Trinajstić information content (AvgIpc) is 2.72. The van der Waals surface area contributed by atoms with E-state index in [4.69, 9.17) is 16.3 Å². The molecule has 29 heavy (non-hydrogen) atoms. The molecule has 0 aliphatic carbocycles. The number of halogens is 1. The molecule has 154 valence electrons. The van der Waals surface area contributed by atoms with Crippen molar-refractivity contribution in [2.75, 3.05) is 5.32 Å². The normalized spacial score (nSPS) is 12.7. The molecule has 0 fully saturated rings. The fourth-order valence-electron chi connectivity index (χ4n) is 2.80. The Bertz CT molecular complexity index is 863. The predicted octanol–water partition coefficient (Wildman–Crippen LogP) is 5.39. The van der Waals surface area contributed by atoms with E-state index < -0.39 is 18.0 Å². The zero-order valence-corrected chi connectivity index (χ0v) is 17.7. The summed E-state index contributed by atoms with van der Waals surface area (Å²) in [4.78, 5) is 36.6. The number of ether oxygens (including phenoxy) is 1. The number of esters is 1. The van der Waals surface area contributed by atoms with Gasteiger partial charge in [0.15, 0.2) is 11.9 Å². The van der Waals surface area contributed by atoms with Crippen molar-refractivity contribution in [3.05, 3.63) is 64.7 Å². The number of anilines is 1. The second-order valence-electron chi connectivity index (χ2n) is 6.95. The summed E-state index contributed by atoms with van der Waals surface area (Å²) in [7, 11) is 0. The third kappa shape index (κ3) is 6.71. The van der Waals surface area contributed by atoms with Gasteiger partial charge in [-0.05, 0) is 55.2 Å². The lowest BCUT2D eigenvalue weighted by Crippen LogP contribution is -2.30. The third-order valence-corrected chi connectivity index (χ3v) is 5.01. The molecule has 2 atom stereocenters. The number of hydrogen-bond donors (Lipinski definition) is 1. The van der Waals surface area contributed by atoms with E-state index in [1.54, 1.807) is 24.3 Å². The number of benzene rings is 2. The Morgan fingerprint density at radius 1 is 1.00 bits per heavy atom. The molecule has 2 rings (SSSR count). The van der Waals surface area contributed by atoms with Gasteiger partial charge in [-0.25, -0.2) is 0 Å². The second-order valence-corrected chi connectivity index (χ2v) is 7.38. The summed E-state index contributed by atoms with van der Waals surface area (Å²) in [6, 6.07) is 14.1. The van der Waals surface area contributed by atoms with Gasteiger partial charge < -0.3 is 10.1 Å². The number of Topliss-reactive ketones (excluding diaryl/α,β-unsaturated/α-hetero) is 1. The maximum Gasteiger partial charge on any atom is 0.307 e. The van der Waals surface area contributed by atoms with Crippen LogP contribution in [-0.4, -0.2) is 23.8 Å². The lowest BCUT2D eigenvalue weighted by Gasteiger charge is -2.18. The van der Waals surface area contributed by atoms with Gasteiger partial charge in [0.05, 0.1) is 6.42 Å². The summed E-state index contributed by atoms with van der Waals surface area (Å²) in [6.07, 6.45) is -0.106. The van der Waals surface area contributed by atoms with Crippen LogP contribution in [0, 0.1) is 0 Å². The fraction of sp³-hybridized carbons (Fsp3) is 0.348. The van der Waals surface area contributed by atoms with Gasteiger partial charge in [0, 0.05) is 22.7 Å². The monoisotopic (exact) mass is 415 g/mol. The van der Waals surface area contributed by atoms with E-state index in [0.29, 0.717) is 22.2 Å². The highest BCUT2D eigenvalue weighted by Crippen LogP contribution is 2.26. The molecule has 5 nitrogen and oxygen atoms in total. The van der Waals surface area contributed by atoms with Crippen molar-refractivity contribution in [2.24, 2.45) is 0 Å². The Labute approximate surface area is 176 Å². The van der Waals surface area contributed by atoms with E-state index in [-0.39, 0.29) is 18.6 Å². The van der Waals surface area contributed by atoms with Gasteiger partial charge >= 0.3 is 5.97 Å². The first-order valence-corrected chi connectivity index (χ1v) is 10.1. The van der Waals surface area contributed by atoms with Crippen LogP contribution in [-0.2, 0) is 14.3 Å². The molecule has 0 radical (unpaired) electrons. The minimum absolute atomic E-state index is 0.00561. The zero-order valence-electron chi connectivity index (χ0n) is 16.9. The minimum Gasteiger partial charge on any atom is -0.453 e. The lowest BCUT2D eigenvalue weighted by atomic mass is 9.97. The smallest absolute Gasteiger partial charge is 0.307 e. The SMILES string of the molecule is CC[C@@H](C)c1ccccc1NC(=O)[C@@H](C)OC(=O)CCC(=O)c1ccc(Cl)cc1. The van der Waals surface area contributed by atoms with E-state index >= 15 is 0 Å². The van der Waals surface area contributed by atoms with Crippen molar-refractivity contribution in [1.29, 1.82) is 0 Å². The molecule has 0 aromatic heterocycles. The molecule has 0 saturated carbocycles. The molecular weight excluding hydrogens is 390 g/mol. The molecule has 0 aliphatic rings. The van der Waals surface area contributed by atoms with E-state index in [1.807, 2.05) is 24.3 Å². The van der Waals surface area contributed by atoms with Crippen molar-refractivity contribution in [1.82, 2.24) is 0 Å². The molecule has 0 spiro atoms. The molecule has 2 aromatic carbocycles. The molecule has 0 saturated heterocycles. The number of para-hydroxylation sites is 1. The second kappa shape index (κ2) is 10.8. The summed E-state index contributed by atoms with van der Waals surface area (Å²) >= 11 is 5.80. The van der Waals surface area contributed by atoms with Gasteiger partial charge in [-0.2, -0.15) is 0 Å². The van der Waals surface area contributed by atoms with Crippen LogP contribution in [0.1, 0.15) is 61.9 Å². The van der Waals surface area contributed by atoms with E-state index in [0.717, 1.165) is 12.0 Å². The highest BCUT2D eigenvalue weighted by Gasteiger charge is 2.20. The van der Waals surface area contributed by atoms with Gasteiger partial charge in [-0.15, -0.1) is 0 Å². The number of ketones is 1. The quantitative estimate of drug-likeness (QED) is 0.440.